The second-order valence-electron chi connectivity index (χ2n) is 3.52. The molecule has 1 nitrogen and oxygen atoms in total. The SMILES string of the molecule is CCNC(c1cc(Br)c(C)s1)C(F)(F)C(F)F. The van der Waals surface area contributed by atoms with E-state index in [9.17, 15) is 17.6 Å². The van der Waals surface area contributed by atoms with Crippen molar-refractivity contribution >= 4 is 27.3 Å². The van der Waals surface area contributed by atoms with Crippen LogP contribution in [0.1, 0.15) is 22.7 Å². The van der Waals surface area contributed by atoms with Crippen LogP contribution in [0.3, 0.4) is 0 Å². The predicted molar refractivity (Wildman–Crippen MR) is 64.1 cm³/mol. The molecular formula is C10H12BrF4NS. The first-order valence-electron chi connectivity index (χ1n) is 4.95. The highest BCUT2D eigenvalue weighted by atomic mass is 79.9. The molecule has 0 bridgehead atoms. The van der Waals surface area contributed by atoms with Crippen LogP contribution in [0.25, 0.3) is 0 Å². The molecule has 1 unspecified atom stereocenters. The second-order valence-corrected chi connectivity index (χ2v) is 5.66. The quantitative estimate of drug-likeness (QED) is 0.789. The van der Waals surface area contributed by atoms with Crippen molar-refractivity contribution in [2.75, 3.05) is 6.54 Å². The molecule has 17 heavy (non-hydrogen) atoms. The van der Waals surface area contributed by atoms with E-state index in [1.165, 1.54) is 6.07 Å². The summed E-state index contributed by atoms with van der Waals surface area (Å²) in [5, 5.41) is 2.42. The summed E-state index contributed by atoms with van der Waals surface area (Å²) in [6.45, 7) is 3.54. The Morgan fingerprint density at radius 1 is 1.47 bits per heavy atom. The standard InChI is InChI=1S/C10H12BrF4NS/c1-3-16-8(10(14,15)9(12)13)7-4-6(11)5(2)17-7/h4,8-9,16H,3H2,1-2H3. The van der Waals surface area contributed by atoms with E-state index in [1.807, 2.05) is 0 Å². The van der Waals surface area contributed by atoms with Crippen LogP contribution < -0.4 is 5.32 Å². The molecule has 0 amide bonds. The Bertz CT molecular complexity index is 361. The molecule has 1 rings (SSSR count). The van der Waals surface area contributed by atoms with Crippen LogP contribution in [0.4, 0.5) is 17.6 Å². The van der Waals surface area contributed by atoms with Gasteiger partial charge in [0.2, 0.25) is 0 Å². The Kier molecular flexibility index (Phi) is 4.97. The number of hydrogen-bond acceptors (Lipinski definition) is 2. The molecule has 0 aliphatic carbocycles. The van der Waals surface area contributed by atoms with Crippen LogP contribution in [0, 0.1) is 6.92 Å². The van der Waals surface area contributed by atoms with E-state index in [0.29, 0.717) is 4.47 Å². The fraction of sp³-hybridized carbons (Fsp3) is 0.600. The lowest BCUT2D eigenvalue weighted by Crippen LogP contribution is -2.42. The Hall–Kier alpha value is -0.140. The number of nitrogens with one attached hydrogen (secondary N) is 1. The lowest BCUT2D eigenvalue weighted by Gasteiger charge is -2.25. The third kappa shape index (κ3) is 3.20. The van der Waals surface area contributed by atoms with Crippen LogP contribution in [-0.2, 0) is 0 Å². The molecule has 0 aromatic carbocycles. The topological polar surface area (TPSA) is 12.0 Å². The molecule has 1 aromatic heterocycles. The maximum Gasteiger partial charge on any atom is 0.327 e. The third-order valence-electron chi connectivity index (χ3n) is 2.24. The summed E-state index contributed by atoms with van der Waals surface area (Å²) in [5.41, 5.74) is 0. The van der Waals surface area contributed by atoms with Gasteiger partial charge >= 0.3 is 12.3 Å². The zero-order chi connectivity index (χ0) is 13.2. The van der Waals surface area contributed by atoms with E-state index in [0.717, 1.165) is 16.2 Å². The third-order valence-corrected chi connectivity index (χ3v) is 4.45. The van der Waals surface area contributed by atoms with Crippen LogP contribution in [-0.4, -0.2) is 18.9 Å². The number of hydrogen-bond donors (Lipinski definition) is 1. The number of halogens is 5. The van der Waals surface area contributed by atoms with Crippen LogP contribution >= 0.6 is 27.3 Å². The maximum absolute atomic E-state index is 13.4. The first-order valence-corrected chi connectivity index (χ1v) is 6.56. The smallest absolute Gasteiger partial charge is 0.304 e. The van der Waals surface area contributed by atoms with Gasteiger partial charge in [-0.3, -0.25) is 0 Å². The molecule has 0 fully saturated rings. The van der Waals surface area contributed by atoms with E-state index in [4.69, 9.17) is 0 Å². The zero-order valence-corrected chi connectivity index (χ0v) is 11.6. The molecule has 1 aromatic rings. The van der Waals surface area contributed by atoms with Crippen molar-refractivity contribution < 1.29 is 17.6 Å². The lowest BCUT2D eigenvalue weighted by molar-refractivity contribution is -0.150. The Morgan fingerprint density at radius 3 is 2.41 bits per heavy atom. The summed E-state index contributed by atoms with van der Waals surface area (Å²) in [7, 11) is 0. The van der Waals surface area contributed by atoms with Gasteiger partial charge in [-0.1, -0.05) is 6.92 Å². The summed E-state index contributed by atoms with van der Waals surface area (Å²) >= 11 is 4.27. The van der Waals surface area contributed by atoms with Crippen molar-refractivity contribution in [3.8, 4) is 0 Å². The molecule has 1 N–H and O–H groups in total. The molecule has 0 saturated heterocycles. The van der Waals surface area contributed by atoms with Gasteiger partial charge in [-0.05, 0) is 35.5 Å². The van der Waals surface area contributed by atoms with E-state index >= 15 is 0 Å². The Morgan fingerprint density at radius 2 is 2.06 bits per heavy atom. The molecule has 0 spiro atoms. The average Bonchev–Trinajstić information content (AvgIpc) is 2.54. The fourth-order valence-corrected chi connectivity index (χ4v) is 3.07. The molecule has 0 saturated carbocycles. The first kappa shape index (κ1) is 14.9. The Balaban J connectivity index is 3.08. The molecule has 7 heteroatoms. The van der Waals surface area contributed by atoms with Gasteiger partial charge in [0, 0.05) is 14.2 Å². The summed E-state index contributed by atoms with van der Waals surface area (Å²) < 4.78 is 52.2. The van der Waals surface area contributed by atoms with Gasteiger partial charge in [0.15, 0.2) is 0 Å². The van der Waals surface area contributed by atoms with Crippen molar-refractivity contribution in [2.24, 2.45) is 0 Å². The maximum atomic E-state index is 13.4. The number of thiophene rings is 1. The van der Waals surface area contributed by atoms with Crippen molar-refractivity contribution in [3.05, 3.63) is 20.3 Å². The van der Waals surface area contributed by atoms with Gasteiger partial charge in [-0.25, -0.2) is 8.78 Å². The van der Waals surface area contributed by atoms with E-state index < -0.39 is 18.4 Å². The van der Waals surface area contributed by atoms with E-state index in [-0.39, 0.29) is 11.4 Å². The molecule has 0 radical (unpaired) electrons. The van der Waals surface area contributed by atoms with Gasteiger partial charge in [-0.2, -0.15) is 8.78 Å². The molecule has 1 atom stereocenters. The highest BCUT2D eigenvalue weighted by Gasteiger charge is 2.49. The largest absolute Gasteiger partial charge is 0.327 e. The molecule has 1 heterocycles. The number of rotatable bonds is 5. The summed E-state index contributed by atoms with van der Waals surface area (Å²) in [6.07, 6.45) is -3.69. The predicted octanol–water partition coefficient (Wildman–Crippen LogP) is 4.37. The highest BCUT2D eigenvalue weighted by molar-refractivity contribution is 9.10. The number of alkyl halides is 4. The van der Waals surface area contributed by atoms with Crippen LogP contribution in [0.5, 0.6) is 0 Å². The van der Waals surface area contributed by atoms with Crippen LogP contribution in [0.15, 0.2) is 10.5 Å². The van der Waals surface area contributed by atoms with Gasteiger partial charge < -0.3 is 5.32 Å². The van der Waals surface area contributed by atoms with Crippen molar-refractivity contribution in [1.82, 2.24) is 5.32 Å². The summed E-state index contributed by atoms with van der Waals surface area (Å²) in [5.74, 6) is -4.08. The molecule has 98 valence electrons. The average molecular weight is 334 g/mol. The van der Waals surface area contributed by atoms with E-state index in [1.54, 1.807) is 13.8 Å². The zero-order valence-electron chi connectivity index (χ0n) is 9.24. The summed E-state index contributed by atoms with van der Waals surface area (Å²) in [6, 6.07) is -0.189. The van der Waals surface area contributed by atoms with Crippen LogP contribution in [0.2, 0.25) is 0 Å². The van der Waals surface area contributed by atoms with E-state index in [2.05, 4.69) is 21.2 Å². The minimum Gasteiger partial charge on any atom is -0.304 e. The normalized spacial score (nSPS) is 14.4. The number of aryl methyl sites for hydroxylation is 1. The summed E-state index contributed by atoms with van der Waals surface area (Å²) in [4.78, 5) is 0.995. The molecule has 0 aliphatic heterocycles. The highest BCUT2D eigenvalue weighted by Crippen LogP contribution is 2.41. The van der Waals surface area contributed by atoms with Crippen molar-refractivity contribution in [3.63, 3.8) is 0 Å². The Labute approximate surface area is 109 Å². The molecular weight excluding hydrogens is 322 g/mol. The monoisotopic (exact) mass is 333 g/mol. The van der Waals surface area contributed by atoms with Gasteiger partial charge in [0.1, 0.15) is 6.04 Å². The minimum atomic E-state index is -4.08. The minimum absolute atomic E-state index is 0.196. The molecule has 0 aliphatic rings. The second kappa shape index (κ2) is 5.67. The van der Waals surface area contributed by atoms with Crippen molar-refractivity contribution in [1.29, 1.82) is 0 Å². The lowest BCUT2D eigenvalue weighted by atomic mass is 10.1. The van der Waals surface area contributed by atoms with Gasteiger partial charge in [0.25, 0.3) is 0 Å². The fourth-order valence-electron chi connectivity index (χ4n) is 1.38. The first-order chi connectivity index (χ1) is 7.80. The van der Waals surface area contributed by atoms with Crippen molar-refractivity contribution in [2.45, 2.75) is 32.2 Å². The van der Waals surface area contributed by atoms with Gasteiger partial charge in [-0.15, -0.1) is 11.3 Å². The van der Waals surface area contributed by atoms with Gasteiger partial charge in [0.05, 0.1) is 0 Å².